The largest absolute Gasteiger partial charge is 0.370 e. The number of aromatic nitrogens is 3. The number of thiol groups is 1. The number of benzene rings is 3. The summed E-state index contributed by atoms with van der Waals surface area (Å²) in [5.41, 5.74) is 4.99. The first kappa shape index (κ1) is 21.9. The van der Waals surface area contributed by atoms with Crippen LogP contribution in [0.1, 0.15) is 16.5 Å². The predicted octanol–water partition coefficient (Wildman–Crippen LogP) is 6.92. The molecule has 0 bridgehead atoms. The number of rotatable bonds is 6. The Morgan fingerprint density at radius 1 is 0.853 bits per heavy atom. The first-order valence-electron chi connectivity index (χ1n) is 10.8. The summed E-state index contributed by atoms with van der Waals surface area (Å²) >= 11 is 4.73. The van der Waals surface area contributed by atoms with E-state index in [1.165, 1.54) is 11.6 Å². The smallest absolute Gasteiger partial charge is 0.165 e. The third kappa shape index (κ3) is 4.70. The lowest BCUT2D eigenvalue weighted by Crippen LogP contribution is -2.05. The van der Waals surface area contributed by atoms with Gasteiger partial charge in [-0.3, -0.25) is 4.98 Å². The minimum atomic E-state index is -0.369. The fraction of sp³-hybridized carbons (Fsp3) is 0.0741. The van der Waals surface area contributed by atoms with Gasteiger partial charge in [0.25, 0.3) is 0 Å². The summed E-state index contributed by atoms with van der Waals surface area (Å²) < 4.78 is 14.5. The van der Waals surface area contributed by atoms with Crippen LogP contribution in [0.5, 0.6) is 0 Å². The second-order valence-electron chi connectivity index (χ2n) is 7.93. The Hall–Kier alpha value is -3.97. The number of aryl methyl sites for hydroxylation is 1. The van der Waals surface area contributed by atoms with E-state index in [4.69, 9.17) is 12.6 Å². The lowest BCUT2D eigenvalue weighted by atomic mass is 10.1. The third-order valence-corrected chi connectivity index (χ3v) is 5.88. The van der Waals surface area contributed by atoms with Gasteiger partial charge >= 0.3 is 0 Å². The average Bonchev–Trinajstić information content (AvgIpc) is 2.85. The van der Waals surface area contributed by atoms with Crippen LogP contribution in [0.2, 0.25) is 0 Å². The molecule has 5 rings (SSSR count). The molecule has 2 N–H and O–H groups in total. The van der Waals surface area contributed by atoms with Gasteiger partial charge in [0.2, 0.25) is 0 Å². The molecule has 3 aromatic carbocycles. The van der Waals surface area contributed by atoms with Crippen LogP contribution in [-0.2, 0) is 0 Å². The van der Waals surface area contributed by atoms with E-state index in [-0.39, 0.29) is 11.2 Å². The normalized spacial score (nSPS) is 11.9. The molecular weight excluding hydrogens is 445 g/mol. The number of hydrogen-bond acceptors (Lipinski definition) is 6. The highest BCUT2D eigenvalue weighted by Crippen LogP contribution is 2.32. The molecule has 5 aromatic rings. The maximum absolute atomic E-state index is 14.5. The monoisotopic (exact) mass is 467 g/mol. The first-order chi connectivity index (χ1) is 16.6. The van der Waals surface area contributed by atoms with Crippen molar-refractivity contribution in [1.29, 1.82) is 0 Å². The highest BCUT2D eigenvalue weighted by atomic mass is 32.1. The average molecular weight is 468 g/mol. The van der Waals surface area contributed by atoms with Crippen molar-refractivity contribution in [2.45, 2.75) is 12.3 Å². The molecule has 0 saturated heterocycles. The molecule has 0 radical (unpaired) electrons. The number of anilines is 3. The van der Waals surface area contributed by atoms with Gasteiger partial charge < -0.3 is 10.6 Å². The van der Waals surface area contributed by atoms with Crippen molar-refractivity contribution in [2.24, 2.45) is 0 Å². The van der Waals surface area contributed by atoms with Crippen molar-refractivity contribution < 1.29 is 4.39 Å². The number of hydrogen-bond donors (Lipinski definition) is 3. The fourth-order valence-corrected chi connectivity index (χ4v) is 3.96. The SMILES string of the molecule is Cc1ccc(C(S)Nc2ccc3nc(-c4ccccc4F)nc(Nc4ccncc4)c3c2)cc1. The number of pyridine rings is 1. The minimum Gasteiger partial charge on any atom is -0.370 e. The van der Waals surface area contributed by atoms with Crippen LogP contribution in [-0.4, -0.2) is 15.0 Å². The van der Waals surface area contributed by atoms with E-state index >= 15 is 0 Å². The lowest BCUT2D eigenvalue weighted by molar-refractivity contribution is 0.630. The fourth-order valence-electron chi connectivity index (χ4n) is 3.64. The van der Waals surface area contributed by atoms with Crippen LogP contribution >= 0.6 is 12.6 Å². The van der Waals surface area contributed by atoms with Crippen molar-refractivity contribution in [3.63, 3.8) is 0 Å². The zero-order valence-electron chi connectivity index (χ0n) is 18.4. The van der Waals surface area contributed by atoms with Crippen LogP contribution in [0.15, 0.2) is 91.3 Å². The summed E-state index contributed by atoms with van der Waals surface area (Å²) in [6.45, 7) is 2.06. The quantitative estimate of drug-likeness (QED) is 0.187. The summed E-state index contributed by atoms with van der Waals surface area (Å²) in [6.07, 6.45) is 3.40. The van der Waals surface area contributed by atoms with E-state index in [9.17, 15) is 4.39 Å². The number of fused-ring (bicyclic) bond motifs is 1. The van der Waals surface area contributed by atoms with Crippen LogP contribution in [0.25, 0.3) is 22.3 Å². The Labute approximate surface area is 202 Å². The summed E-state index contributed by atoms with van der Waals surface area (Å²) in [5, 5.41) is 7.37. The molecule has 168 valence electrons. The Kier molecular flexibility index (Phi) is 6.10. The second-order valence-corrected chi connectivity index (χ2v) is 8.44. The van der Waals surface area contributed by atoms with Crippen LogP contribution in [0.3, 0.4) is 0 Å². The maximum atomic E-state index is 14.5. The van der Waals surface area contributed by atoms with Gasteiger partial charge in [0.1, 0.15) is 11.6 Å². The molecule has 0 fully saturated rings. The topological polar surface area (TPSA) is 62.7 Å². The molecule has 0 spiro atoms. The van der Waals surface area contributed by atoms with E-state index in [1.807, 2.05) is 30.3 Å². The highest BCUT2D eigenvalue weighted by molar-refractivity contribution is 7.80. The predicted molar refractivity (Wildman–Crippen MR) is 139 cm³/mol. The molecule has 2 aromatic heterocycles. The molecule has 0 amide bonds. The van der Waals surface area contributed by atoms with Crippen molar-refractivity contribution in [3.05, 3.63) is 108 Å². The molecule has 7 heteroatoms. The van der Waals surface area contributed by atoms with Gasteiger partial charge in [-0.25, -0.2) is 14.4 Å². The molecule has 0 aliphatic rings. The van der Waals surface area contributed by atoms with Gasteiger partial charge in [0, 0.05) is 29.2 Å². The Balaban J connectivity index is 1.56. The highest BCUT2D eigenvalue weighted by Gasteiger charge is 2.14. The zero-order chi connectivity index (χ0) is 23.5. The van der Waals surface area contributed by atoms with Crippen molar-refractivity contribution in [3.8, 4) is 11.4 Å². The van der Waals surface area contributed by atoms with Gasteiger partial charge in [-0.05, 0) is 55.0 Å². The molecule has 34 heavy (non-hydrogen) atoms. The summed E-state index contributed by atoms with van der Waals surface area (Å²) in [6, 6.07) is 24.3. The van der Waals surface area contributed by atoms with Crippen LogP contribution in [0, 0.1) is 12.7 Å². The minimum absolute atomic E-state index is 0.187. The standard InChI is InChI=1S/C27H22FN5S/c1-17-6-8-18(9-7-17)27(34)31-20-10-11-24-22(16-20)26(30-19-12-14-29-15-13-19)33-25(32-24)21-4-2-3-5-23(21)28/h2-16,27,31,34H,1H3,(H,29,30,32,33). The molecule has 0 aliphatic carbocycles. The molecule has 0 aliphatic heterocycles. The molecule has 1 unspecified atom stereocenters. The van der Waals surface area contributed by atoms with Crippen LogP contribution < -0.4 is 10.6 Å². The number of halogens is 1. The van der Waals surface area contributed by atoms with Crippen LogP contribution in [0.4, 0.5) is 21.6 Å². The van der Waals surface area contributed by atoms with Gasteiger partial charge in [-0.15, -0.1) is 12.6 Å². The van der Waals surface area contributed by atoms with Gasteiger partial charge in [-0.2, -0.15) is 0 Å². The number of nitrogens with zero attached hydrogens (tertiary/aromatic N) is 3. The molecule has 0 saturated carbocycles. The second kappa shape index (κ2) is 9.49. The van der Waals surface area contributed by atoms with Crippen molar-refractivity contribution in [2.75, 3.05) is 10.6 Å². The van der Waals surface area contributed by atoms with Crippen molar-refractivity contribution in [1.82, 2.24) is 15.0 Å². The Morgan fingerprint density at radius 2 is 1.62 bits per heavy atom. The molecular formula is C27H22FN5S. The van der Waals surface area contributed by atoms with Crippen molar-refractivity contribution >= 4 is 40.7 Å². The van der Waals surface area contributed by atoms with E-state index in [0.29, 0.717) is 22.7 Å². The molecule has 5 nitrogen and oxygen atoms in total. The summed E-state index contributed by atoms with van der Waals surface area (Å²) in [7, 11) is 0. The van der Waals surface area contributed by atoms with E-state index < -0.39 is 0 Å². The van der Waals surface area contributed by atoms with E-state index in [1.54, 1.807) is 30.6 Å². The Bertz CT molecular complexity index is 1440. The Morgan fingerprint density at radius 3 is 2.38 bits per heavy atom. The summed E-state index contributed by atoms with van der Waals surface area (Å²) in [5.74, 6) is 0.518. The van der Waals surface area contributed by atoms with Gasteiger partial charge in [0.05, 0.1) is 16.5 Å². The molecule has 1 atom stereocenters. The summed E-state index contributed by atoms with van der Waals surface area (Å²) in [4.78, 5) is 13.4. The zero-order valence-corrected chi connectivity index (χ0v) is 19.3. The van der Waals surface area contributed by atoms with Gasteiger partial charge in [0.15, 0.2) is 5.82 Å². The first-order valence-corrected chi connectivity index (χ1v) is 11.3. The maximum Gasteiger partial charge on any atom is 0.165 e. The van der Waals surface area contributed by atoms with E-state index in [0.717, 1.165) is 22.3 Å². The lowest BCUT2D eigenvalue weighted by Gasteiger charge is -2.17. The number of nitrogens with one attached hydrogen (secondary N) is 2. The van der Waals surface area contributed by atoms with Gasteiger partial charge in [-0.1, -0.05) is 42.0 Å². The third-order valence-electron chi connectivity index (χ3n) is 5.45. The molecule has 2 heterocycles. The van der Waals surface area contributed by atoms with E-state index in [2.05, 4.69) is 56.8 Å².